The van der Waals surface area contributed by atoms with Gasteiger partial charge in [-0.25, -0.2) is 18.4 Å². The van der Waals surface area contributed by atoms with Crippen LogP contribution >= 0.6 is 23.1 Å². The molecule has 1 aliphatic rings. The Morgan fingerprint density at radius 2 is 1.87 bits per heavy atom. The van der Waals surface area contributed by atoms with E-state index >= 15 is 0 Å². The van der Waals surface area contributed by atoms with Gasteiger partial charge in [0.2, 0.25) is 10.0 Å². The number of hydrogen-bond acceptors (Lipinski definition) is 8. The summed E-state index contributed by atoms with van der Waals surface area (Å²) in [6.07, 6.45) is 3.28. The standard InChI is InChI=1S/C21H23N3O4S3/c1-27-18-7-5-15(11-19(18)28-2)21-23-16(14-30-21)13-29-20-8-6-17(12-22-20)31(25,26)24-9-3-4-10-24/h5-8,11-12,14H,3-4,9-10,13H2,1-2H3. The topological polar surface area (TPSA) is 81.6 Å². The molecule has 1 fully saturated rings. The highest BCUT2D eigenvalue weighted by molar-refractivity contribution is 7.98. The predicted molar refractivity (Wildman–Crippen MR) is 122 cm³/mol. The van der Waals surface area contributed by atoms with Crippen molar-refractivity contribution in [3.05, 3.63) is 47.6 Å². The molecular weight excluding hydrogens is 454 g/mol. The minimum Gasteiger partial charge on any atom is -0.493 e. The van der Waals surface area contributed by atoms with Crippen molar-refractivity contribution in [1.29, 1.82) is 0 Å². The second kappa shape index (κ2) is 9.56. The molecule has 0 saturated carbocycles. The van der Waals surface area contributed by atoms with E-state index in [9.17, 15) is 8.42 Å². The monoisotopic (exact) mass is 477 g/mol. The Bertz CT molecular complexity index is 1140. The van der Waals surface area contributed by atoms with Crippen molar-refractivity contribution in [2.24, 2.45) is 0 Å². The normalized spacial score (nSPS) is 14.6. The average Bonchev–Trinajstić information content (AvgIpc) is 3.50. The summed E-state index contributed by atoms with van der Waals surface area (Å²) in [5, 5.41) is 3.68. The van der Waals surface area contributed by atoms with Gasteiger partial charge < -0.3 is 9.47 Å². The van der Waals surface area contributed by atoms with Crippen LogP contribution < -0.4 is 9.47 Å². The molecule has 31 heavy (non-hydrogen) atoms. The summed E-state index contributed by atoms with van der Waals surface area (Å²) in [6, 6.07) is 9.13. The van der Waals surface area contributed by atoms with E-state index < -0.39 is 10.0 Å². The molecule has 1 aliphatic heterocycles. The molecule has 0 atom stereocenters. The van der Waals surface area contributed by atoms with Crippen LogP contribution in [0.25, 0.3) is 10.6 Å². The van der Waals surface area contributed by atoms with Crippen molar-refractivity contribution in [2.75, 3.05) is 27.3 Å². The summed E-state index contributed by atoms with van der Waals surface area (Å²) in [6.45, 7) is 1.18. The predicted octanol–water partition coefficient (Wildman–Crippen LogP) is 4.30. The van der Waals surface area contributed by atoms with E-state index in [2.05, 4.69) is 4.98 Å². The van der Waals surface area contributed by atoms with Crippen LogP contribution in [0.4, 0.5) is 0 Å². The molecule has 0 spiro atoms. The van der Waals surface area contributed by atoms with Gasteiger partial charge in [0.1, 0.15) is 9.90 Å². The molecule has 164 valence electrons. The number of nitrogens with zero attached hydrogens (tertiary/aromatic N) is 3. The Kier molecular flexibility index (Phi) is 6.80. The van der Waals surface area contributed by atoms with Gasteiger partial charge in [-0.05, 0) is 43.2 Å². The molecule has 7 nitrogen and oxygen atoms in total. The molecule has 1 saturated heterocycles. The average molecular weight is 478 g/mol. The maximum atomic E-state index is 12.6. The van der Waals surface area contributed by atoms with Gasteiger partial charge in [0.25, 0.3) is 0 Å². The van der Waals surface area contributed by atoms with E-state index in [1.165, 1.54) is 22.3 Å². The number of thiazole rings is 1. The van der Waals surface area contributed by atoms with Gasteiger partial charge >= 0.3 is 0 Å². The fraction of sp³-hybridized carbons (Fsp3) is 0.333. The van der Waals surface area contributed by atoms with Crippen molar-refractivity contribution in [3.63, 3.8) is 0 Å². The Labute approximate surface area is 190 Å². The minimum absolute atomic E-state index is 0.253. The highest BCUT2D eigenvalue weighted by atomic mass is 32.2. The van der Waals surface area contributed by atoms with Crippen LogP contribution in [-0.2, 0) is 15.8 Å². The van der Waals surface area contributed by atoms with Gasteiger partial charge in [-0.1, -0.05) is 0 Å². The Morgan fingerprint density at radius 3 is 2.55 bits per heavy atom. The number of rotatable bonds is 8. The van der Waals surface area contributed by atoms with E-state index in [1.54, 1.807) is 37.7 Å². The van der Waals surface area contributed by atoms with Crippen molar-refractivity contribution in [3.8, 4) is 22.1 Å². The number of pyridine rings is 1. The van der Waals surface area contributed by atoms with Gasteiger partial charge in [0.15, 0.2) is 11.5 Å². The zero-order valence-electron chi connectivity index (χ0n) is 17.3. The Hall–Kier alpha value is -2.14. The summed E-state index contributed by atoms with van der Waals surface area (Å²) in [7, 11) is -0.208. The first-order valence-corrected chi connectivity index (χ1v) is 13.1. The molecule has 0 amide bonds. The van der Waals surface area contributed by atoms with E-state index in [1.807, 2.05) is 23.6 Å². The largest absolute Gasteiger partial charge is 0.493 e. The van der Waals surface area contributed by atoms with Crippen molar-refractivity contribution < 1.29 is 17.9 Å². The quantitative estimate of drug-likeness (QED) is 0.448. The van der Waals surface area contributed by atoms with Gasteiger partial charge in [-0.3, -0.25) is 0 Å². The molecule has 0 bridgehead atoms. The lowest BCUT2D eigenvalue weighted by Gasteiger charge is -2.15. The highest BCUT2D eigenvalue weighted by Gasteiger charge is 2.27. The number of sulfonamides is 1. The Morgan fingerprint density at radius 1 is 1.10 bits per heavy atom. The zero-order chi connectivity index (χ0) is 21.8. The van der Waals surface area contributed by atoms with Crippen molar-refractivity contribution >= 4 is 33.1 Å². The Balaban J connectivity index is 1.41. The number of ether oxygens (including phenoxy) is 2. The van der Waals surface area contributed by atoms with E-state index in [0.29, 0.717) is 30.3 Å². The molecule has 3 heterocycles. The third-order valence-corrected chi connectivity index (χ3v) is 8.76. The van der Waals surface area contributed by atoms with E-state index in [4.69, 9.17) is 14.5 Å². The fourth-order valence-corrected chi connectivity index (χ4v) is 6.43. The van der Waals surface area contributed by atoms with Crippen LogP contribution in [0.1, 0.15) is 18.5 Å². The van der Waals surface area contributed by atoms with Crippen LogP contribution in [0.3, 0.4) is 0 Å². The summed E-state index contributed by atoms with van der Waals surface area (Å²) in [5.41, 5.74) is 1.91. The van der Waals surface area contributed by atoms with Crippen molar-refractivity contribution in [2.45, 2.75) is 28.5 Å². The molecule has 2 aromatic heterocycles. The number of benzene rings is 1. The molecule has 3 aromatic rings. The zero-order valence-corrected chi connectivity index (χ0v) is 19.7. The van der Waals surface area contributed by atoms with Crippen LogP contribution in [0.2, 0.25) is 0 Å². The van der Waals surface area contributed by atoms with Gasteiger partial charge in [-0.2, -0.15) is 4.31 Å². The lowest BCUT2D eigenvalue weighted by atomic mass is 10.2. The lowest BCUT2D eigenvalue weighted by molar-refractivity contribution is 0.355. The molecule has 10 heteroatoms. The fourth-order valence-electron chi connectivity index (χ4n) is 3.31. The van der Waals surface area contributed by atoms with Crippen LogP contribution in [-0.4, -0.2) is 50.0 Å². The maximum Gasteiger partial charge on any atom is 0.244 e. The second-order valence-electron chi connectivity index (χ2n) is 6.95. The molecule has 0 N–H and O–H groups in total. The number of methoxy groups -OCH3 is 2. The first kappa shape index (κ1) is 22.1. The molecule has 4 rings (SSSR count). The summed E-state index contributed by atoms with van der Waals surface area (Å²) in [4.78, 5) is 9.30. The molecule has 0 radical (unpaired) electrons. The molecular formula is C21H23N3O4S3. The summed E-state index contributed by atoms with van der Waals surface area (Å²) < 4.78 is 37.4. The van der Waals surface area contributed by atoms with Gasteiger partial charge in [-0.15, -0.1) is 23.1 Å². The molecule has 1 aromatic carbocycles. The van der Waals surface area contributed by atoms with Crippen LogP contribution in [0.15, 0.2) is 51.8 Å². The minimum atomic E-state index is -3.43. The van der Waals surface area contributed by atoms with Crippen LogP contribution in [0, 0.1) is 0 Å². The number of aromatic nitrogens is 2. The van der Waals surface area contributed by atoms with Crippen molar-refractivity contribution in [1.82, 2.24) is 14.3 Å². The SMILES string of the molecule is COc1ccc(-c2nc(CSc3ccc(S(=O)(=O)N4CCCC4)cn3)cs2)cc1OC. The third-order valence-electron chi connectivity index (χ3n) is 4.96. The first-order valence-electron chi connectivity index (χ1n) is 9.77. The van der Waals surface area contributed by atoms with Gasteiger partial charge in [0, 0.05) is 36.0 Å². The lowest BCUT2D eigenvalue weighted by Crippen LogP contribution is -2.27. The van der Waals surface area contributed by atoms with Crippen LogP contribution in [0.5, 0.6) is 11.5 Å². The van der Waals surface area contributed by atoms with E-state index in [-0.39, 0.29) is 4.90 Å². The highest BCUT2D eigenvalue weighted by Crippen LogP contribution is 2.34. The summed E-state index contributed by atoms with van der Waals surface area (Å²) >= 11 is 3.09. The third kappa shape index (κ3) is 4.87. The summed E-state index contributed by atoms with van der Waals surface area (Å²) in [5.74, 6) is 1.99. The molecule has 0 aliphatic carbocycles. The maximum absolute atomic E-state index is 12.6. The smallest absolute Gasteiger partial charge is 0.244 e. The first-order chi connectivity index (χ1) is 15.0. The second-order valence-corrected chi connectivity index (χ2v) is 10.7. The number of thioether (sulfide) groups is 1. The molecule has 0 unspecified atom stereocenters. The number of hydrogen-bond donors (Lipinski definition) is 0. The van der Waals surface area contributed by atoms with Gasteiger partial charge in [0.05, 0.1) is 24.9 Å². The van der Waals surface area contributed by atoms with E-state index in [0.717, 1.165) is 34.1 Å².